The summed E-state index contributed by atoms with van der Waals surface area (Å²) < 4.78 is 5.40. The van der Waals surface area contributed by atoms with Gasteiger partial charge in [0.25, 0.3) is 0 Å². The largest absolute Gasteiger partial charge is 0.377 e. The Balaban J connectivity index is 2.21. The smallest absolute Gasteiger partial charge is 0.245 e. The molecule has 21 heavy (non-hydrogen) atoms. The number of morpholine rings is 1. The predicted octanol–water partition coefficient (Wildman–Crippen LogP) is -0.924. The van der Waals surface area contributed by atoms with Crippen LogP contribution in [-0.4, -0.2) is 48.2 Å². The lowest BCUT2D eigenvalue weighted by Gasteiger charge is -2.35. The zero-order chi connectivity index (χ0) is 15.2. The molecule has 1 saturated heterocycles. The molecule has 1 fully saturated rings. The summed E-state index contributed by atoms with van der Waals surface area (Å²) in [6.07, 6.45) is 0.876. The van der Waals surface area contributed by atoms with Gasteiger partial charge >= 0.3 is 0 Å². The van der Waals surface area contributed by atoms with Gasteiger partial charge in [-0.15, -0.1) is 0 Å². The molecule has 6 N–H and O–H groups in total. The van der Waals surface area contributed by atoms with Crippen LogP contribution in [0.25, 0.3) is 0 Å². The van der Waals surface area contributed by atoms with Crippen molar-refractivity contribution in [3.05, 3.63) is 6.07 Å². The highest BCUT2D eigenvalue weighted by atomic mass is 16.5. The van der Waals surface area contributed by atoms with Gasteiger partial charge in [-0.2, -0.15) is 9.97 Å². The molecular weight excluding hydrogens is 274 g/mol. The molecule has 0 spiro atoms. The van der Waals surface area contributed by atoms with Crippen molar-refractivity contribution in [1.82, 2.24) is 15.3 Å². The van der Waals surface area contributed by atoms with E-state index in [0.717, 1.165) is 6.42 Å². The minimum Gasteiger partial charge on any atom is -0.377 e. The number of nitrogen functional groups attached to an aromatic ring is 2. The van der Waals surface area contributed by atoms with Crippen LogP contribution in [0.1, 0.15) is 13.3 Å². The molecule has 2 rings (SSSR count). The van der Waals surface area contributed by atoms with Gasteiger partial charge in [0.2, 0.25) is 11.9 Å². The maximum Gasteiger partial charge on any atom is 0.245 e. The second kappa shape index (κ2) is 7.04. The molecule has 116 valence electrons. The van der Waals surface area contributed by atoms with Gasteiger partial charge < -0.3 is 26.1 Å². The number of ether oxygens (including phenoxy) is 1. The Bertz CT molecular complexity index is 496. The zero-order valence-corrected chi connectivity index (χ0v) is 12.0. The van der Waals surface area contributed by atoms with Gasteiger partial charge in [-0.1, -0.05) is 6.92 Å². The summed E-state index contributed by atoms with van der Waals surface area (Å²) in [5.41, 5.74) is 8.10. The number of hydrogen-bond donors (Lipinski definition) is 4. The Morgan fingerprint density at radius 3 is 3.10 bits per heavy atom. The van der Waals surface area contributed by atoms with Crippen molar-refractivity contribution >= 4 is 23.5 Å². The minimum absolute atomic E-state index is 0.0870. The number of carbonyl (C=O) groups is 1. The van der Waals surface area contributed by atoms with Crippen LogP contribution in [0.4, 0.5) is 17.6 Å². The SMILES string of the molecule is CCCNC(=O)C1COCCN1c1cc(NN)nc(N)n1. The Morgan fingerprint density at radius 1 is 1.57 bits per heavy atom. The van der Waals surface area contributed by atoms with Gasteiger partial charge in [-0.3, -0.25) is 4.79 Å². The lowest BCUT2D eigenvalue weighted by molar-refractivity contribution is -0.124. The maximum atomic E-state index is 12.2. The second-order valence-electron chi connectivity index (χ2n) is 4.69. The van der Waals surface area contributed by atoms with Crippen LogP contribution in [0.15, 0.2) is 6.07 Å². The van der Waals surface area contributed by atoms with E-state index in [0.29, 0.717) is 37.9 Å². The average molecular weight is 295 g/mol. The molecule has 0 bridgehead atoms. The number of amides is 1. The van der Waals surface area contributed by atoms with Crippen molar-refractivity contribution in [2.24, 2.45) is 5.84 Å². The Hall–Kier alpha value is -2.13. The molecule has 0 aromatic carbocycles. The first-order valence-electron chi connectivity index (χ1n) is 6.89. The van der Waals surface area contributed by atoms with Crippen LogP contribution in [0.2, 0.25) is 0 Å². The molecule has 9 heteroatoms. The summed E-state index contributed by atoms with van der Waals surface area (Å²) >= 11 is 0. The van der Waals surface area contributed by atoms with Crippen molar-refractivity contribution < 1.29 is 9.53 Å². The number of nitrogens with one attached hydrogen (secondary N) is 2. The fraction of sp³-hybridized carbons (Fsp3) is 0.583. The van der Waals surface area contributed by atoms with Crippen LogP contribution in [0.3, 0.4) is 0 Å². The third-order valence-corrected chi connectivity index (χ3v) is 3.15. The van der Waals surface area contributed by atoms with Crippen LogP contribution < -0.4 is 27.2 Å². The number of aromatic nitrogens is 2. The maximum absolute atomic E-state index is 12.2. The molecule has 0 radical (unpaired) electrons. The minimum atomic E-state index is -0.440. The first-order valence-corrected chi connectivity index (χ1v) is 6.89. The molecule has 1 amide bonds. The van der Waals surface area contributed by atoms with E-state index in [2.05, 4.69) is 20.7 Å². The summed E-state index contributed by atoms with van der Waals surface area (Å²) in [4.78, 5) is 22.2. The molecule has 1 atom stereocenters. The highest BCUT2D eigenvalue weighted by Gasteiger charge is 2.30. The van der Waals surface area contributed by atoms with Gasteiger partial charge in [0.1, 0.15) is 17.7 Å². The third kappa shape index (κ3) is 3.70. The van der Waals surface area contributed by atoms with Gasteiger partial charge in [-0.05, 0) is 6.42 Å². The van der Waals surface area contributed by atoms with Crippen molar-refractivity contribution in [2.45, 2.75) is 19.4 Å². The molecule has 1 aromatic rings. The Morgan fingerprint density at radius 2 is 2.38 bits per heavy atom. The molecule has 1 aliphatic rings. The van der Waals surface area contributed by atoms with Gasteiger partial charge in [0.15, 0.2) is 0 Å². The molecule has 0 aliphatic carbocycles. The van der Waals surface area contributed by atoms with Crippen LogP contribution in [0.5, 0.6) is 0 Å². The van der Waals surface area contributed by atoms with Crippen molar-refractivity contribution in [1.29, 1.82) is 0 Å². The standard InChI is InChI=1S/C12H21N7O2/c1-2-3-15-11(20)8-7-21-5-4-19(8)10-6-9(18-14)16-12(13)17-10/h6,8H,2-5,7,14H2,1H3,(H,15,20)(H3,13,16,17,18). The van der Waals surface area contributed by atoms with E-state index in [-0.39, 0.29) is 11.9 Å². The van der Waals surface area contributed by atoms with E-state index in [9.17, 15) is 4.79 Å². The van der Waals surface area contributed by atoms with Gasteiger partial charge in [-0.25, -0.2) is 5.84 Å². The zero-order valence-electron chi connectivity index (χ0n) is 12.0. The quantitative estimate of drug-likeness (QED) is 0.405. The van der Waals surface area contributed by atoms with Crippen molar-refractivity contribution in [2.75, 3.05) is 42.4 Å². The van der Waals surface area contributed by atoms with Crippen LogP contribution in [-0.2, 0) is 9.53 Å². The van der Waals surface area contributed by atoms with Crippen LogP contribution >= 0.6 is 0 Å². The summed E-state index contributed by atoms with van der Waals surface area (Å²) in [5, 5.41) is 2.87. The van der Waals surface area contributed by atoms with Gasteiger partial charge in [0, 0.05) is 19.2 Å². The number of hydrazine groups is 1. The number of anilines is 3. The molecular formula is C12H21N7O2. The fourth-order valence-corrected chi connectivity index (χ4v) is 2.13. The molecule has 1 aliphatic heterocycles. The van der Waals surface area contributed by atoms with E-state index in [4.69, 9.17) is 16.3 Å². The second-order valence-corrected chi connectivity index (χ2v) is 4.69. The highest BCUT2D eigenvalue weighted by molar-refractivity contribution is 5.85. The normalized spacial score (nSPS) is 18.4. The average Bonchev–Trinajstić information content (AvgIpc) is 2.51. The third-order valence-electron chi connectivity index (χ3n) is 3.15. The van der Waals surface area contributed by atoms with Crippen LogP contribution in [0, 0.1) is 0 Å². The lowest BCUT2D eigenvalue weighted by Crippen LogP contribution is -2.54. The summed E-state index contributed by atoms with van der Waals surface area (Å²) in [6.45, 7) is 4.01. The summed E-state index contributed by atoms with van der Waals surface area (Å²) in [5.74, 6) is 6.32. The van der Waals surface area contributed by atoms with E-state index in [1.54, 1.807) is 6.07 Å². The monoisotopic (exact) mass is 295 g/mol. The number of hydrogen-bond acceptors (Lipinski definition) is 8. The van der Waals surface area contributed by atoms with Crippen molar-refractivity contribution in [3.8, 4) is 0 Å². The number of rotatable bonds is 5. The van der Waals surface area contributed by atoms with Gasteiger partial charge in [0.05, 0.1) is 13.2 Å². The number of nitrogens with two attached hydrogens (primary N) is 2. The topological polar surface area (TPSA) is 131 Å². The van der Waals surface area contributed by atoms with E-state index in [1.807, 2.05) is 11.8 Å². The first kappa shape index (κ1) is 15.3. The molecule has 0 saturated carbocycles. The Labute approximate surface area is 123 Å². The predicted molar refractivity (Wildman–Crippen MR) is 79.5 cm³/mol. The van der Waals surface area contributed by atoms with E-state index >= 15 is 0 Å². The Kier molecular flexibility index (Phi) is 5.12. The summed E-state index contributed by atoms with van der Waals surface area (Å²) in [6, 6.07) is 1.21. The van der Waals surface area contributed by atoms with Crippen molar-refractivity contribution in [3.63, 3.8) is 0 Å². The highest BCUT2D eigenvalue weighted by Crippen LogP contribution is 2.21. The molecule has 9 nitrogen and oxygen atoms in total. The fourth-order valence-electron chi connectivity index (χ4n) is 2.13. The summed E-state index contributed by atoms with van der Waals surface area (Å²) in [7, 11) is 0. The lowest BCUT2D eigenvalue weighted by atomic mass is 10.2. The molecule has 1 unspecified atom stereocenters. The molecule has 1 aromatic heterocycles. The number of nitrogens with zero attached hydrogens (tertiary/aromatic N) is 3. The number of carbonyl (C=O) groups excluding carboxylic acids is 1. The van der Waals surface area contributed by atoms with E-state index in [1.165, 1.54) is 0 Å². The molecule has 2 heterocycles. The first-order chi connectivity index (χ1) is 10.2. The van der Waals surface area contributed by atoms with E-state index < -0.39 is 6.04 Å².